The molecule has 4 heterocycles. The van der Waals surface area contributed by atoms with E-state index in [-0.39, 0.29) is 44.8 Å². The normalized spacial score (nSPS) is 15.7. The van der Waals surface area contributed by atoms with E-state index in [9.17, 15) is 10.2 Å². The van der Waals surface area contributed by atoms with Gasteiger partial charge >= 0.3 is 393 Å². The molecule has 11 rings (SSSR count). The molecule has 4 aliphatic rings. The predicted octanol–water partition coefficient (Wildman–Crippen LogP) is 10.6. The summed E-state index contributed by atoms with van der Waals surface area (Å²) < 4.78 is 41.7. The van der Waals surface area contributed by atoms with Crippen molar-refractivity contribution in [3.63, 3.8) is 0 Å². The second-order valence-electron chi connectivity index (χ2n) is 15.5. The minimum absolute atomic E-state index is 0.0180. The molecule has 0 radical (unpaired) electrons. The summed E-state index contributed by atoms with van der Waals surface area (Å²) in [5.41, 5.74) is 7.67. The molecule has 16 heteroatoms. The van der Waals surface area contributed by atoms with E-state index in [0.29, 0.717) is 62.7 Å². The van der Waals surface area contributed by atoms with Crippen molar-refractivity contribution in [3.05, 3.63) is 140 Å². The first-order chi connectivity index (χ1) is 31.0. The number of aliphatic hydroxyl groups is 2. The van der Waals surface area contributed by atoms with Gasteiger partial charge in [-0.05, 0) is 0 Å². The molecule has 0 aromatic heterocycles. The van der Waals surface area contributed by atoms with Crippen molar-refractivity contribution in [1.82, 2.24) is 0 Å². The Bertz CT molecular complexity index is 2730. The average Bonchev–Trinajstić information content (AvgIpc) is 3.69. The number of anilines is 9. The van der Waals surface area contributed by atoms with Gasteiger partial charge in [-0.15, -0.1) is 0 Å². The van der Waals surface area contributed by atoms with Gasteiger partial charge in [0.05, 0.1) is 0 Å². The molecule has 0 saturated carbocycles. The van der Waals surface area contributed by atoms with Gasteiger partial charge < -0.3 is 0 Å². The first kappa shape index (κ1) is 41.3. The van der Waals surface area contributed by atoms with Gasteiger partial charge in [0.1, 0.15) is 0 Å². The average molecular weight is 1050 g/mol. The van der Waals surface area contributed by atoms with Crippen LogP contribution in [-0.2, 0) is 13.2 Å². The van der Waals surface area contributed by atoms with E-state index in [1.807, 2.05) is 109 Å². The van der Waals surface area contributed by atoms with E-state index in [1.54, 1.807) is 28.4 Å². The fraction of sp³-hybridized carbons (Fsp3) is 0.125. The van der Waals surface area contributed by atoms with Gasteiger partial charge in [0.25, 0.3) is 0 Å². The Hall–Kier alpha value is -5.36. The van der Waals surface area contributed by atoms with Crippen molar-refractivity contribution in [2.45, 2.75) is 13.2 Å². The number of hydrogen-bond donors (Lipinski definition) is 2. The van der Waals surface area contributed by atoms with Gasteiger partial charge in [-0.3, -0.25) is 0 Å². The summed E-state index contributed by atoms with van der Waals surface area (Å²) in [6.45, 7) is -0.450. The SMILES string of the molecule is COc1ccc(N2c3cc(CO)cc4[c]3[Sb]35([O]c6c(Cl)c(Cl)c(Cl)c(Cl)c6[O]3)[c]3c(cc(OC)cc3N(c3ccc(OC)cc3)c3cc(OC)cc2[c]35)N4c2ccc(CO)cc2)cc1. The summed E-state index contributed by atoms with van der Waals surface area (Å²) in [5, 5.41) is 21.5. The summed E-state index contributed by atoms with van der Waals surface area (Å²) in [6, 6.07) is 35.0. The number of nitrogens with zero attached hydrogens (tertiary/aromatic N) is 3. The number of hydrogen-bond acceptors (Lipinski definition) is 11. The van der Waals surface area contributed by atoms with Crippen molar-refractivity contribution in [3.8, 4) is 34.5 Å². The zero-order chi connectivity index (χ0) is 44.4. The van der Waals surface area contributed by atoms with E-state index >= 15 is 0 Å². The second-order valence-corrected chi connectivity index (χ2v) is 27.3. The standard InChI is InChI=1S/C42H36N3O6.C6H2Cl4O2.Sb/c1-48-39-13-9-31(10-14-39)44-34-18-29(27-47)17-33(19-34)43(30-7-5-28(26-46)6-8-30)35-20-37(24-41(22-35)50-3)45(32-11-15-40(49-2)16-12-32)38-21-36(44)23-42(25-38)51-4;7-1-2(8)4(10)6(12)5(11)3(1)9;/h5-18,22-25,46-47H,26-27H2,1-4H3;11-12H;/q;;+2/p-2. The fourth-order valence-corrected chi connectivity index (χ4v) is 27.3. The number of ether oxygens (including phenoxy) is 4. The monoisotopic (exact) mass is 1040 g/mol. The molecule has 7 aromatic rings. The molecule has 0 aliphatic carbocycles. The van der Waals surface area contributed by atoms with Crippen LogP contribution in [0.3, 0.4) is 0 Å². The van der Waals surface area contributed by atoms with Crippen LogP contribution >= 0.6 is 46.4 Å². The zero-order valence-electron chi connectivity index (χ0n) is 34.5. The first-order valence-electron chi connectivity index (χ1n) is 19.9. The van der Waals surface area contributed by atoms with E-state index in [4.69, 9.17) is 71.4 Å². The fourth-order valence-electron chi connectivity index (χ4n) is 9.58. The molecule has 0 bridgehead atoms. The number of methoxy groups -OCH3 is 4. The Balaban J connectivity index is 1.41. The quantitative estimate of drug-likeness (QED) is 0.0820. The molecule has 64 heavy (non-hydrogen) atoms. The maximum absolute atomic E-state index is 11.2. The van der Waals surface area contributed by atoms with Crippen LogP contribution in [0.4, 0.5) is 51.2 Å². The Labute approximate surface area is 390 Å². The van der Waals surface area contributed by atoms with Crippen molar-refractivity contribution in [1.29, 1.82) is 0 Å². The van der Waals surface area contributed by atoms with Crippen LogP contribution in [-0.4, -0.2) is 56.9 Å². The summed E-state index contributed by atoms with van der Waals surface area (Å²) in [5.74, 6) is 2.71. The minimum atomic E-state index is -6.47. The summed E-state index contributed by atoms with van der Waals surface area (Å²) >= 11 is 21.8. The molecule has 7 aromatic carbocycles. The van der Waals surface area contributed by atoms with Gasteiger partial charge in [-0.25, -0.2) is 0 Å². The molecule has 324 valence electrons. The second kappa shape index (κ2) is 14.8. The number of aliphatic hydroxyl groups excluding tert-OH is 2. The Morgan fingerprint density at radius 1 is 0.422 bits per heavy atom. The Morgan fingerprint density at radius 3 is 1.05 bits per heavy atom. The van der Waals surface area contributed by atoms with Crippen molar-refractivity contribution >= 4 is 126 Å². The molecular formula is C48H36Cl4N3O8Sb. The molecule has 0 saturated heterocycles. The third kappa shape index (κ3) is 5.37. The van der Waals surface area contributed by atoms with E-state index < -0.39 is 18.2 Å². The van der Waals surface area contributed by atoms with E-state index in [0.717, 1.165) is 33.2 Å². The van der Waals surface area contributed by atoms with Crippen LogP contribution in [0.1, 0.15) is 11.1 Å². The van der Waals surface area contributed by atoms with Crippen molar-refractivity contribution in [2.24, 2.45) is 0 Å². The number of halogens is 4. The van der Waals surface area contributed by atoms with Crippen LogP contribution in [0.25, 0.3) is 0 Å². The van der Waals surface area contributed by atoms with E-state index in [2.05, 4.69) is 14.7 Å². The summed E-state index contributed by atoms with van der Waals surface area (Å²) in [4.78, 5) is 6.41. The Morgan fingerprint density at radius 2 is 0.734 bits per heavy atom. The zero-order valence-corrected chi connectivity index (χ0v) is 40.0. The van der Waals surface area contributed by atoms with Gasteiger partial charge in [0.2, 0.25) is 0 Å². The number of benzene rings is 7. The van der Waals surface area contributed by atoms with E-state index in [1.165, 1.54) is 0 Å². The molecule has 4 aliphatic heterocycles. The predicted molar refractivity (Wildman–Crippen MR) is 254 cm³/mol. The van der Waals surface area contributed by atoms with Gasteiger partial charge in [-0.2, -0.15) is 0 Å². The van der Waals surface area contributed by atoms with Crippen molar-refractivity contribution < 1.29 is 35.2 Å². The molecule has 0 atom stereocenters. The maximum atomic E-state index is 11.2. The van der Waals surface area contributed by atoms with Crippen LogP contribution < -0.4 is 50.2 Å². The molecular weight excluding hydrogens is 1010 g/mol. The molecule has 0 fully saturated rings. The third-order valence-electron chi connectivity index (χ3n) is 12.3. The van der Waals surface area contributed by atoms with Crippen LogP contribution in [0, 0.1) is 0 Å². The third-order valence-corrected chi connectivity index (χ3v) is 28.0. The van der Waals surface area contributed by atoms with Crippen LogP contribution in [0.5, 0.6) is 34.5 Å². The van der Waals surface area contributed by atoms with Crippen molar-refractivity contribution in [2.75, 3.05) is 43.1 Å². The van der Waals surface area contributed by atoms with Crippen LogP contribution in [0.15, 0.2) is 109 Å². The van der Waals surface area contributed by atoms with Gasteiger partial charge in [0.15, 0.2) is 0 Å². The van der Waals surface area contributed by atoms with Crippen LogP contribution in [0.2, 0.25) is 20.1 Å². The summed E-state index contributed by atoms with van der Waals surface area (Å²) in [6.07, 6.45) is 0. The molecule has 0 amide bonds. The number of rotatable bonds is 9. The van der Waals surface area contributed by atoms with Gasteiger partial charge in [-0.1, -0.05) is 0 Å². The topological polar surface area (TPSA) is 106 Å². The number of fused-ring (bicyclic) bond motifs is 1. The van der Waals surface area contributed by atoms with Gasteiger partial charge in [0, 0.05) is 0 Å². The first-order valence-corrected chi connectivity index (χ1v) is 27.4. The molecule has 11 nitrogen and oxygen atoms in total. The molecule has 0 unspecified atom stereocenters. The Kier molecular flexibility index (Phi) is 9.59. The summed E-state index contributed by atoms with van der Waals surface area (Å²) in [7, 11) is 6.49. The molecule has 2 N–H and O–H groups in total. The molecule has 1 spiro atoms.